The molecule has 2 atom stereocenters. The van der Waals surface area contributed by atoms with Crippen LogP contribution >= 0.6 is 11.3 Å². The summed E-state index contributed by atoms with van der Waals surface area (Å²) >= 11 is 1.30. The minimum atomic E-state index is -0.730. The summed E-state index contributed by atoms with van der Waals surface area (Å²) in [5, 5.41) is 23.0. The molecule has 0 saturated carbocycles. The minimum Gasteiger partial charge on any atom is -0.300 e. The zero-order valence-corrected chi connectivity index (χ0v) is 17.1. The van der Waals surface area contributed by atoms with Gasteiger partial charge in [0.25, 0.3) is 0 Å². The highest BCUT2D eigenvalue weighted by Gasteiger charge is 2.49. The van der Waals surface area contributed by atoms with Crippen molar-refractivity contribution in [2.75, 3.05) is 5.32 Å². The first-order valence-corrected chi connectivity index (χ1v) is 10.6. The maximum absolute atomic E-state index is 13.5. The van der Waals surface area contributed by atoms with Crippen molar-refractivity contribution in [2.45, 2.75) is 19.3 Å². The van der Waals surface area contributed by atoms with E-state index in [1.165, 1.54) is 11.3 Å². The van der Waals surface area contributed by atoms with Gasteiger partial charge in [-0.25, -0.2) is 0 Å². The molecule has 1 heterocycles. The van der Waals surface area contributed by atoms with Crippen molar-refractivity contribution in [3.05, 3.63) is 88.4 Å². The van der Waals surface area contributed by atoms with E-state index in [4.69, 9.17) is 0 Å². The topological polar surface area (TPSA) is 78.7 Å². The Morgan fingerprint density at radius 3 is 2.80 bits per heavy atom. The van der Waals surface area contributed by atoms with Gasteiger partial charge >= 0.3 is 0 Å². The van der Waals surface area contributed by atoms with Crippen LogP contribution in [0.15, 0.2) is 66.2 Å². The van der Waals surface area contributed by atoms with Gasteiger partial charge in [-0.05, 0) is 52.9 Å². The number of hydrogen-bond donors (Lipinski definition) is 1. The molecule has 5 nitrogen and oxygen atoms in total. The molecule has 0 saturated heterocycles. The maximum Gasteiger partial charge on any atom is 0.233 e. The Morgan fingerprint density at radius 1 is 1.17 bits per heavy atom. The highest BCUT2D eigenvalue weighted by atomic mass is 32.1. The average Bonchev–Trinajstić information content (AvgIpc) is 3.38. The highest BCUT2D eigenvalue weighted by molar-refractivity contribution is 7.13. The molecule has 1 aliphatic carbocycles. The van der Waals surface area contributed by atoms with Gasteiger partial charge in [-0.15, -0.1) is 10.2 Å². The first-order chi connectivity index (χ1) is 14.6. The number of carbonyl (C=O) groups excluding carboxylic acids is 1. The predicted octanol–water partition coefficient (Wildman–Crippen LogP) is 4.90. The molecule has 1 aliphatic rings. The normalized spacial score (nSPS) is 19.9. The molecule has 0 fully saturated rings. The Kier molecular flexibility index (Phi) is 4.34. The molecule has 30 heavy (non-hydrogen) atoms. The van der Waals surface area contributed by atoms with Crippen LogP contribution in [0.4, 0.5) is 5.13 Å². The summed E-state index contributed by atoms with van der Waals surface area (Å²) in [6.07, 6.45) is 0.590. The largest absolute Gasteiger partial charge is 0.300 e. The van der Waals surface area contributed by atoms with Gasteiger partial charge in [0, 0.05) is 5.92 Å². The summed E-state index contributed by atoms with van der Waals surface area (Å²) in [5.41, 5.74) is 4.71. The molecule has 0 bridgehead atoms. The van der Waals surface area contributed by atoms with E-state index in [0.717, 1.165) is 27.5 Å². The van der Waals surface area contributed by atoms with Crippen LogP contribution in [0.5, 0.6) is 0 Å². The van der Waals surface area contributed by atoms with Crippen LogP contribution in [0.25, 0.3) is 10.8 Å². The van der Waals surface area contributed by atoms with Crippen LogP contribution in [0, 0.1) is 16.7 Å². The van der Waals surface area contributed by atoms with E-state index in [9.17, 15) is 10.1 Å². The summed E-state index contributed by atoms with van der Waals surface area (Å²) in [6, 6.07) is 22.4. The van der Waals surface area contributed by atoms with Crippen molar-refractivity contribution in [1.29, 1.82) is 5.26 Å². The lowest BCUT2D eigenvalue weighted by molar-refractivity contribution is -0.125. The number of fused-ring (bicyclic) bond motifs is 2. The van der Waals surface area contributed by atoms with Crippen molar-refractivity contribution in [1.82, 2.24) is 10.2 Å². The van der Waals surface area contributed by atoms with Crippen LogP contribution < -0.4 is 5.32 Å². The molecule has 1 aromatic heterocycles. The van der Waals surface area contributed by atoms with E-state index in [0.29, 0.717) is 17.1 Å². The SMILES string of the molecule is CC1(C(=O)Nc2nncs2)Cc2ccc(C#N)cc2C1c1cccc2ccccc12. The van der Waals surface area contributed by atoms with E-state index in [2.05, 4.69) is 45.8 Å². The number of aromatic nitrogens is 2. The molecule has 0 aliphatic heterocycles. The molecule has 1 N–H and O–H groups in total. The van der Waals surface area contributed by atoms with Gasteiger partial charge < -0.3 is 5.32 Å². The fraction of sp³-hybridized carbons (Fsp3) is 0.167. The fourth-order valence-electron chi connectivity index (χ4n) is 4.63. The maximum atomic E-state index is 13.5. The molecular formula is C24H18N4OS. The quantitative estimate of drug-likeness (QED) is 0.521. The molecule has 3 aromatic carbocycles. The zero-order valence-electron chi connectivity index (χ0n) is 16.3. The number of benzene rings is 3. The molecule has 6 heteroatoms. The van der Waals surface area contributed by atoms with Gasteiger partial charge in [-0.2, -0.15) is 5.26 Å². The molecule has 4 aromatic rings. The Balaban J connectivity index is 1.71. The van der Waals surface area contributed by atoms with Crippen molar-refractivity contribution in [3.8, 4) is 6.07 Å². The number of hydrogen-bond acceptors (Lipinski definition) is 5. The summed E-state index contributed by atoms with van der Waals surface area (Å²) in [4.78, 5) is 13.5. The van der Waals surface area contributed by atoms with E-state index >= 15 is 0 Å². The summed E-state index contributed by atoms with van der Waals surface area (Å²) in [5.74, 6) is -0.272. The van der Waals surface area contributed by atoms with Crippen molar-refractivity contribution in [3.63, 3.8) is 0 Å². The lowest BCUT2D eigenvalue weighted by atomic mass is 9.72. The summed E-state index contributed by atoms with van der Waals surface area (Å²) < 4.78 is 0. The number of rotatable bonds is 3. The lowest BCUT2D eigenvalue weighted by Gasteiger charge is -2.31. The summed E-state index contributed by atoms with van der Waals surface area (Å²) in [7, 11) is 0. The zero-order chi connectivity index (χ0) is 20.7. The molecular weight excluding hydrogens is 392 g/mol. The first kappa shape index (κ1) is 18.5. The molecule has 1 amide bonds. The second-order valence-electron chi connectivity index (χ2n) is 7.82. The Hall–Kier alpha value is -3.56. The van der Waals surface area contributed by atoms with Crippen LogP contribution in [-0.4, -0.2) is 16.1 Å². The highest BCUT2D eigenvalue weighted by Crippen LogP contribution is 2.52. The summed E-state index contributed by atoms with van der Waals surface area (Å²) in [6.45, 7) is 2.00. The first-order valence-electron chi connectivity index (χ1n) is 9.68. The Morgan fingerprint density at radius 2 is 2.00 bits per heavy atom. The number of nitriles is 1. The number of amides is 1. The number of nitrogens with one attached hydrogen (secondary N) is 1. The molecule has 5 rings (SSSR count). The monoisotopic (exact) mass is 410 g/mol. The van der Waals surface area contributed by atoms with Crippen molar-refractivity contribution < 1.29 is 4.79 Å². The van der Waals surface area contributed by atoms with E-state index in [1.807, 2.05) is 43.3 Å². The third-order valence-corrected chi connectivity index (χ3v) is 6.62. The van der Waals surface area contributed by atoms with Crippen molar-refractivity contribution >= 4 is 33.1 Å². The van der Waals surface area contributed by atoms with Gasteiger partial charge in [0.15, 0.2) is 0 Å². The van der Waals surface area contributed by atoms with Gasteiger partial charge in [0.2, 0.25) is 11.0 Å². The van der Waals surface area contributed by atoms with Crippen LogP contribution in [0.1, 0.15) is 35.1 Å². The second-order valence-corrected chi connectivity index (χ2v) is 8.65. The Bertz CT molecular complexity index is 1300. The standard InChI is InChI=1S/C24H18N4OS/c1-24(22(29)27-23-28-26-14-30-23)12-17-10-9-15(13-25)11-20(17)21(24)19-8-4-6-16-5-2-3-7-18(16)19/h2-11,14,21H,12H2,1H3,(H,27,28,29). The average molecular weight is 411 g/mol. The third-order valence-electron chi connectivity index (χ3n) is 6.01. The van der Waals surface area contributed by atoms with Crippen LogP contribution in [0.2, 0.25) is 0 Å². The molecule has 2 unspecified atom stereocenters. The van der Waals surface area contributed by atoms with Gasteiger partial charge in [0.1, 0.15) is 5.51 Å². The van der Waals surface area contributed by atoms with E-state index in [-0.39, 0.29) is 11.8 Å². The van der Waals surface area contributed by atoms with Gasteiger partial charge in [-0.3, -0.25) is 4.79 Å². The number of nitrogens with zero attached hydrogens (tertiary/aromatic N) is 3. The Labute approximate surface area is 178 Å². The molecule has 146 valence electrons. The number of anilines is 1. The van der Waals surface area contributed by atoms with Crippen LogP contribution in [-0.2, 0) is 11.2 Å². The van der Waals surface area contributed by atoms with Gasteiger partial charge in [-0.1, -0.05) is 59.9 Å². The number of carbonyl (C=O) groups is 1. The molecule has 0 spiro atoms. The van der Waals surface area contributed by atoms with E-state index < -0.39 is 5.41 Å². The lowest BCUT2D eigenvalue weighted by Crippen LogP contribution is -2.37. The second kappa shape index (κ2) is 7.05. The minimum absolute atomic E-state index is 0.0908. The third kappa shape index (κ3) is 2.87. The van der Waals surface area contributed by atoms with E-state index in [1.54, 1.807) is 5.51 Å². The van der Waals surface area contributed by atoms with Gasteiger partial charge in [0.05, 0.1) is 17.0 Å². The predicted molar refractivity (Wildman–Crippen MR) is 117 cm³/mol. The van der Waals surface area contributed by atoms with Crippen LogP contribution in [0.3, 0.4) is 0 Å². The molecule has 0 radical (unpaired) electrons. The fourth-order valence-corrected chi connectivity index (χ4v) is 5.07. The smallest absolute Gasteiger partial charge is 0.233 e. The van der Waals surface area contributed by atoms with Crippen molar-refractivity contribution in [2.24, 2.45) is 5.41 Å².